The number of rotatable bonds is 7. The number of amides is 1. The molecule has 1 aliphatic rings. The van der Waals surface area contributed by atoms with Crippen molar-refractivity contribution in [3.05, 3.63) is 87.2 Å². The predicted molar refractivity (Wildman–Crippen MR) is 141 cm³/mol. The van der Waals surface area contributed by atoms with Crippen LogP contribution in [-0.4, -0.2) is 30.1 Å². The van der Waals surface area contributed by atoms with Gasteiger partial charge in [0.25, 0.3) is 0 Å². The Kier molecular flexibility index (Phi) is 7.37. The molecule has 2 aromatic carbocycles. The van der Waals surface area contributed by atoms with Crippen molar-refractivity contribution in [1.29, 1.82) is 0 Å². The summed E-state index contributed by atoms with van der Waals surface area (Å²) in [5.41, 5.74) is 10.6. The zero-order chi connectivity index (χ0) is 25.2. The van der Waals surface area contributed by atoms with Gasteiger partial charge >= 0.3 is 0 Å². The average Bonchev–Trinajstić information content (AvgIpc) is 3.10. The van der Waals surface area contributed by atoms with Crippen molar-refractivity contribution in [1.82, 2.24) is 4.98 Å². The molecule has 2 N–H and O–H groups in total. The lowest BCUT2D eigenvalue weighted by Gasteiger charge is -2.23. The molecule has 1 amide bonds. The first kappa shape index (κ1) is 25.1. The first-order valence-corrected chi connectivity index (χ1v) is 12.1. The van der Waals surface area contributed by atoms with Gasteiger partial charge in [0, 0.05) is 34.6 Å². The number of fused-ring (bicyclic) bond motifs is 1. The molecule has 180 valence electrons. The van der Waals surface area contributed by atoms with Crippen molar-refractivity contribution >= 4 is 34.8 Å². The molecule has 7 heteroatoms. The van der Waals surface area contributed by atoms with Crippen molar-refractivity contribution in [3.63, 3.8) is 0 Å². The van der Waals surface area contributed by atoms with E-state index >= 15 is 0 Å². The van der Waals surface area contributed by atoms with E-state index in [9.17, 15) is 4.79 Å². The van der Waals surface area contributed by atoms with Crippen LogP contribution in [-0.2, 0) is 23.1 Å². The summed E-state index contributed by atoms with van der Waals surface area (Å²) in [6.07, 6.45) is 8.07. The highest BCUT2D eigenvalue weighted by Crippen LogP contribution is 2.40. The number of carbonyl (C=O) groups excluding carboxylic acids is 1. The maximum atomic E-state index is 13.5. The van der Waals surface area contributed by atoms with Crippen LogP contribution in [0.15, 0.2) is 54.7 Å². The van der Waals surface area contributed by atoms with Gasteiger partial charge in [-0.2, -0.15) is 0 Å². The lowest BCUT2D eigenvalue weighted by molar-refractivity contribution is -0.119. The van der Waals surface area contributed by atoms with Gasteiger partial charge in [0.15, 0.2) is 0 Å². The van der Waals surface area contributed by atoms with E-state index in [1.807, 2.05) is 48.7 Å². The van der Waals surface area contributed by atoms with Gasteiger partial charge in [0.1, 0.15) is 12.4 Å². The average molecular weight is 508 g/mol. The van der Waals surface area contributed by atoms with E-state index in [0.717, 1.165) is 28.1 Å². The summed E-state index contributed by atoms with van der Waals surface area (Å²) in [5, 5.41) is 1.19. The zero-order valence-electron chi connectivity index (χ0n) is 19.7. The number of terminal acetylenes is 1. The quantitative estimate of drug-likeness (QED) is 0.447. The molecule has 0 unspecified atom stereocenters. The highest BCUT2D eigenvalue weighted by molar-refractivity contribution is 6.35. The predicted octanol–water partition coefficient (Wildman–Crippen LogP) is 5.19. The van der Waals surface area contributed by atoms with Gasteiger partial charge in [0.05, 0.1) is 17.4 Å². The van der Waals surface area contributed by atoms with Crippen molar-refractivity contribution in [2.45, 2.75) is 38.1 Å². The van der Waals surface area contributed by atoms with Crippen LogP contribution < -0.4 is 15.4 Å². The molecule has 0 saturated heterocycles. The lowest BCUT2D eigenvalue weighted by atomic mass is 9.91. The third kappa shape index (κ3) is 5.62. The molecule has 1 aromatic heterocycles. The summed E-state index contributed by atoms with van der Waals surface area (Å²) in [6.45, 7) is 4.90. The summed E-state index contributed by atoms with van der Waals surface area (Å²) in [6, 6.07) is 14.2. The first-order valence-electron chi connectivity index (χ1n) is 11.3. The topological polar surface area (TPSA) is 68.5 Å². The molecule has 0 spiro atoms. The largest absolute Gasteiger partial charge is 0.481 e. The van der Waals surface area contributed by atoms with E-state index in [-0.39, 0.29) is 17.9 Å². The molecule has 3 aromatic rings. The number of halogens is 2. The molecular formula is C28H27Cl2N3O2. The minimum atomic E-state index is -0.691. The SMILES string of the molecule is C#CCOc1ccc(C[C@H](N)C(=O)N2CC(C)(C)c3ncc(Cc4ccc(Cl)cc4Cl)cc32)cc1. The summed E-state index contributed by atoms with van der Waals surface area (Å²) < 4.78 is 5.41. The fraction of sp³-hybridized carbons (Fsp3) is 0.286. The Morgan fingerprint density at radius 2 is 1.94 bits per heavy atom. The van der Waals surface area contributed by atoms with E-state index < -0.39 is 6.04 Å². The Balaban J connectivity index is 1.53. The number of pyridine rings is 1. The van der Waals surface area contributed by atoms with E-state index in [1.165, 1.54) is 0 Å². The van der Waals surface area contributed by atoms with Gasteiger partial charge in [-0.25, -0.2) is 0 Å². The smallest absolute Gasteiger partial charge is 0.244 e. The van der Waals surface area contributed by atoms with Crippen LogP contribution in [0.5, 0.6) is 5.75 Å². The minimum Gasteiger partial charge on any atom is -0.481 e. The maximum Gasteiger partial charge on any atom is 0.244 e. The van der Waals surface area contributed by atoms with Crippen molar-refractivity contribution in [3.8, 4) is 18.1 Å². The van der Waals surface area contributed by atoms with Crippen molar-refractivity contribution < 1.29 is 9.53 Å². The van der Waals surface area contributed by atoms with Crippen LogP contribution in [0, 0.1) is 12.3 Å². The number of benzene rings is 2. The van der Waals surface area contributed by atoms with Crippen LogP contribution in [0.3, 0.4) is 0 Å². The second-order valence-corrected chi connectivity index (χ2v) is 10.2. The Hall–Kier alpha value is -3.04. The summed E-state index contributed by atoms with van der Waals surface area (Å²) >= 11 is 12.4. The van der Waals surface area contributed by atoms with E-state index in [4.69, 9.17) is 45.1 Å². The normalized spacial score (nSPS) is 14.8. The van der Waals surface area contributed by atoms with Crippen LogP contribution >= 0.6 is 23.2 Å². The number of aromatic nitrogens is 1. The molecule has 0 radical (unpaired) electrons. The van der Waals surface area contributed by atoms with Crippen LogP contribution in [0.25, 0.3) is 0 Å². The van der Waals surface area contributed by atoms with Crippen LogP contribution in [0.1, 0.15) is 36.2 Å². The third-order valence-corrected chi connectivity index (χ3v) is 6.69. The number of nitrogens with two attached hydrogens (primary N) is 1. The number of ether oxygens (including phenoxy) is 1. The highest BCUT2D eigenvalue weighted by atomic mass is 35.5. The summed E-state index contributed by atoms with van der Waals surface area (Å²) in [4.78, 5) is 20.0. The number of nitrogens with zero attached hydrogens (tertiary/aromatic N) is 2. The number of carbonyl (C=O) groups is 1. The molecule has 0 fully saturated rings. The second-order valence-electron chi connectivity index (χ2n) is 9.38. The summed E-state index contributed by atoms with van der Waals surface area (Å²) in [7, 11) is 0. The van der Waals surface area contributed by atoms with Gasteiger partial charge in [-0.15, -0.1) is 6.42 Å². The van der Waals surface area contributed by atoms with E-state index in [1.54, 1.807) is 11.0 Å². The molecular weight excluding hydrogens is 481 g/mol. The first-order chi connectivity index (χ1) is 16.7. The molecule has 1 aliphatic heterocycles. The molecule has 0 bridgehead atoms. The molecule has 0 aliphatic carbocycles. The second kappa shape index (κ2) is 10.3. The van der Waals surface area contributed by atoms with Gasteiger partial charge < -0.3 is 15.4 Å². The Morgan fingerprint density at radius 1 is 1.20 bits per heavy atom. The lowest BCUT2D eigenvalue weighted by Crippen LogP contribution is -2.46. The highest BCUT2D eigenvalue weighted by Gasteiger charge is 2.40. The molecule has 1 atom stereocenters. The third-order valence-electron chi connectivity index (χ3n) is 6.10. The fourth-order valence-electron chi connectivity index (χ4n) is 4.34. The Morgan fingerprint density at radius 3 is 2.63 bits per heavy atom. The van der Waals surface area contributed by atoms with Crippen LogP contribution in [0.2, 0.25) is 10.0 Å². The van der Waals surface area contributed by atoms with Crippen molar-refractivity contribution in [2.75, 3.05) is 18.1 Å². The minimum absolute atomic E-state index is 0.132. The number of anilines is 1. The van der Waals surface area contributed by atoms with E-state index in [2.05, 4.69) is 19.8 Å². The number of hydrogen-bond acceptors (Lipinski definition) is 4. The van der Waals surface area contributed by atoms with Gasteiger partial charge in [-0.05, 0) is 53.4 Å². The Bertz CT molecular complexity index is 1280. The molecule has 4 rings (SSSR count). The maximum absolute atomic E-state index is 13.5. The Labute approximate surface area is 216 Å². The summed E-state index contributed by atoms with van der Waals surface area (Å²) in [5.74, 6) is 2.99. The molecule has 2 heterocycles. The monoisotopic (exact) mass is 507 g/mol. The van der Waals surface area contributed by atoms with Gasteiger partial charge in [0.2, 0.25) is 5.91 Å². The fourth-order valence-corrected chi connectivity index (χ4v) is 4.82. The van der Waals surface area contributed by atoms with Crippen molar-refractivity contribution in [2.24, 2.45) is 5.73 Å². The molecule has 35 heavy (non-hydrogen) atoms. The van der Waals surface area contributed by atoms with E-state index in [0.29, 0.717) is 35.2 Å². The molecule has 5 nitrogen and oxygen atoms in total. The standard InChI is InChI=1S/C28H27Cl2N3O2/c1-4-11-35-22-9-5-18(6-10-22)13-24(31)27(34)33-17-28(2,3)26-25(33)14-19(16-32-26)12-20-7-8-21(29)15-23(20)30/h1,5-10,14-16,24H,11-13,17,31H2,2-3H3/t24-/m0/s1. The van der Waals surface area contributed by atoms with Crippen LogP contribution in [0.4, 0.5) is 5.69 Å². The molecule has 0 saturated carbocycles. The van der Waals surface area contributed by atoms with Gasteiger partial charge in [-0.3, -0.25) is 9.78 Å². The number of hydrogen-bond donors (Lipinski definition) is 1. The zero-order valence-corrected chi connectivity index (χ0v) is 21.2. The van der Waals surface area contributed by atoms with Gasteiger partial charge in [-0.1, -0.05) is 61.2 Å².